The van der Waals surface area contributed by atoms with E-state index in [1.807, 2.05) is 6.92 Å². The molecule has 4 N–H and O–H groups in total. The van der Waals surface area contributed by atoms with Crippen LogP contribution in [0.15, 0.2) is 0 Å². The first-order valence-corrected chi connectivity index (χ1v) is 4.90. The van der Waals surface area contributed by atoms with Crippen molar-refractivity contribution in [1.29, 1.82) is 0 Å². The normalized spacial score (nSPS) is 11.9. The number of carbonyl (C=O) groups is 2. The van der Waals surface area contributed by atoms with Crippen molar-refractivity contribution in [3.05, 3.63) is 0 Å². The van der Waals surface area contributed by atoms with Gasteiger partial charge in [-0.15, -0.1) is 0 Å². The summed E-state index contributed by atoms with van der Waals surface area (Å²) in [5, 5.41) is 5.18. The molecule has 0 aliphatic carbocycles. The first-order valence-electron chi connectivity index (χ1n) is 4.90. The van der Waals surface area contributed by atoms with Gasteiger partial charge < -0.3 is 21.1 Å². The topological polar surface area (TPSA) is 93.5 Å². The minimum Gasteiger partial charge on any atom is -0.383 e. The fourth-order valence-corrected chi connectivity index (χ4v) is 0.971. The predicted molar refractivity (Wildman–Crippen MR) is 56.2 cm³/mol. The van der Waals surface area contributed by atoms with Crippen molar-refractivity contribution in [2.24, 2.45) is 5.73 Å². The Morgan fingerprint density at radius 2 is 2.07 bits per heavy atom. The van der Waals surface area contributed by atoms with Gasteiger partial charge in [0.25, 0.3) is 0 Å². The van der Waals surface area contributed by atoms with E-state index in [4.69, 9.17) is 10.5 Å². The molecule has 0 saturated heterocycles. The van der Waals surface area contributed by atoms with Gasteiger partial charge in [0.05, 0.1) is 6.61 Å². The van der Waals surface area contributed by atoms with E-state index in [1.165, 1.54) is 7.11 Å². The quantitative estimate of drug-likeness (QED) is 0.489. The molecule has 1 unspecified atom stereocenters. The summed E-state index contributed by atoms with van der Waals surface area (Å²) >= 11 is 0. The number of carbonyl (C=O) groups excluding carboxylic acids is 2. The van der Waals surface area contributed by atoms with Gasteiger partial charge in [-0.2, -0.15) is 0 Å². The summed E-state index contributed by atoms with van der Waals surface area (Å²) in [4.78, 5) is 22.2. The molecule has 2 amide bonds. The fraction of sp³-hybridized carbons (Fsp3) is 0.778. The van der Waals surface area contributed by atoms with E-state index < -0.39 is 6.04 Å². The van der Waals surface area contributed by atoms with Gasteiger partial charge in [-0.05, 0) is 6.92 Å². The van der Waals surface area contributed by atoms with Crippen molar-refractivity contribution in [3.8, 4) is 0 Å². The van der Waals surface area contributed by atoms with E-state index in [0.29, 0.717) is 13.1 Å². The third-order valence-corrected chi connectivity index (χ3v) is 1.71. The van der Waals surface area contributed by atoms with Gasteiger partial charge in [0.1, 0.15) is 6.04 Å². The van der Waals surface area contributed by atoms with Crippen LogP contribution in [0.5, 0.6) is 0 Å². The molecule has 0 rings (SSSR count). The number of rotatable bonds is 7. The molecule has 88 valence electrons. The molecule has 0 aliphatic rings. The molecule has 15 heavy (non-hydrogen) atoms. The minimum atomic E-state index is -0.677. The second kappa shape index (κ2) is 8.19. The number of hydrogen-bond donors (Lipinski definition) is 3. The highest BCUT2D eigenvalue weighted by atomic mass is 16.5. The zero-order valence-electron chi connectivity index (χ0n) is 9.21. The summed E-state index contributed by atoms with van der Waals surface area (Å²) in [5.41, 5.74) is 5.47. The number of nitrogens with two attached hydrogens (primary N) is 1. The Labute approximate surface area is 89.5 Å². The molecule has 0 bridgehead atoms. The molecule has 0 fully saturated rings. The predicted octanol–water partition coefficient (Wildman–Crippen LogP) is -1.40. The molecule has 0 aromatic rings. The third-order valence-electron chi connectivity index (χ3n) is 1.71. The van der Waals surface area contributed by atoms with E-state index in [1.54, 1.807) is 0 Å². The molecule has 0 aromatic carbocycles. The molecule has 0 radical (unpaired) electrons. The highest BCUT2D eigenvalue weighted by Gasteiger charge is 2.12. The molecule has 6 nitrogen and oxygen atoms in total. The smallest absolute Gasteiger partial charge is 0.239 e. The number of nitrogens with one attached hydrogen (secondary N) is 2. The van der Waals surface area contributed by atoms with E-state index in [0.717, 1.165) is 0 Å². The van der Waals surface area contributed by atoms with Crippen LogP contribution in [0.25, 0.3) is 0 Å². The summed E-state index contributed by atoms with van der Waals surface area (Å²) in [7, 11) is 1.47. The maximum atomic E-state index is 11.2. The number of amides is 2. The fourth-order valence-electron chi connectivity index (χ4n) is 0.971. The van der Waals surface area contributed by atoms with Crippen molar-refractivity contribution in [2.45, 2.75) is 19.4 Å². The van der Waals surface area contributed by atoms with Gasteiger partial charge in [0.2, 0.25) is 11.8 Å². The van der Waals surface area contributed by atoms with Crippen molar-refractivity contribution >= 4 is 11.8 Å². The van der Waals surface area contributed by atoms with Crippen LogP contribution in [-0.2, 0) is 14.3 Å². The number of ether oxygens (including phenoxy) is 1. The molecule has 1 atom stereocenters. The van der Waals surface area contributed by atoms with Crippen molar-refractivity contribution < 1.29 is 14.3 Å². The average molecular weight is 217 g/mol. The summed E-state index contributed by atoms with van der Waals surface area (Å²) in [6.45, 7) is 2.90. The summed E-state index contributed by atoms with van der Waals surface area (Å²) in [5.74, 6) is -0.390. The molecule has 0 heterocycles. The van der Waals surface area contributed by atoms with E-state index in [2.05, 4.69) is 10.6 Å². The maximum Gasteiger partial charge on any atom is 0.239 e. The Morgan fingerprint density at radius 1 is 1.40 bits per heavy atom. The zero-order valence-corrected chi connectivity index (χ0v) is 9.21. The first kappa shape index (κ1) is 13.9. The first-order chi connectivity index (χ1) is 7.11. The standard InChI is InChI=1S/C9H19N3O3/c1-3-11-8(13)4-5-12-9(14)7(10)6-15-2/h7H,3-6,10H2,1-2H3,(H,11,13)(H,12,14). The Kier molecular flexibility index (Phi) is 7.57. The van der Waals surface area contributed by atoms with Crippen LogP contribution in [0.3, 0.4) is 0 Å². The summed E-state index contributed by atoms with van der Waals surface area (Å²) in [6, 6.07) is -0.677. The average Bonchev–Trinajstić information content (AvgIpc) is 2.18. The Balaban J connectivity index is 3.58. The lowest BCUT2D eigenvalue weighted by Gasteiger charge is -2.10. The molecule has 0 aliphatic heterocycles. The monoisotopic (exact) mass is 217 g/mol. The Bertz CT molecular complexity index is 209. The van der Waals surface area contributed by atoms with Crippen LogP contribution in [0.4, 0.5) is 0 Å². The van der Waals surface area contributed by atoms with Crippen LogP contribution in [-0.4, -0.2) is 44.7 Å². The van der Waals surface area contributed by atoms with Crippen molar-refractivity contribution in [3.63, 3.8) is 0 Å². The van der Waals surface area contributed by atoms with Crippen molar-refractivity contribution in [1.82, 2.24) is 10.6 Å². The summed E-state index contributed by atoms with van der Waals surface area (Å²) < 4.78 is 4.73. The van der Waals surface area contributed by atoms with Gasteiger partial charge in [-0.1, -0.05) is 0 Å². The molecule has 6 heteroatoms. The van der Waals surface area contributed by atoms with Crippen LogP contribution >= 0.6 is 0 Å². The van der Waals surface area contributed by atoms with Gasteiger partial charge in [-0.3, -0.25) is 9.59 Å². The third kappa shape index (κ3) is 6.87. The molecular formula is C9H19N3O3. The Morgan fingerprint density at radius 3 is 2.60 bits per heavy atom. The second-order valence-electron chi connectivity index (χ2n) is 3.06. The number of hydrogen-bond acceptors (Lipinski definition) is 4. The van der Waals surface area contributed by atoms with Gasteiger partial charge in [0, 0.05) is 26.6 Å². The minimum absolute atomic E-state index is 0.0851. The number of methoxy groups -OCH3 is 1. The zero-order chi connectivity index (χ0) is 11.7. The van der Waals surface area contributed by atoms with E-state index in [9.17, 15) is 9.59 Å². The largest absolute Gasteiger partial charge is 0.383 e. The van der Waals surface area contributed by atoms with E-state index >= 15 is 0 Å². The van der Waals surface area contributed by atoms with Crippen LogP contribution < -0.4 is 16.4 Å². The van der Waals surface area contributed by atoms with Crippen LogP contribution in [0.1, 0.15) is 13.3 Å². The molecular weight excluding hydrogens is 198 g/mol. The highest BCUT2D eigenvalue weighted by molar-refractivity contribution is 5.82. The van der Waals surface area contributed by atoms with Gasteiger partial charge in [-0.25, -0.2) is 0 Å². The highest BCUT2D eigenvalue weighted by Crippen LogP contribution is 1.82. The molecule has 0 aromatic heterocycles. The van der Waals surface area contributed by atoms with Crippen molar-refractivity contribution in [2.75, 3.05) is 26.8 Å². The maximum absolute atomic E-state index is 11.2. The SMILES string of the molecule is CCNC(=O)CCNC(=O)C(N)COC. The molecule has 0 spiro atoms. The lowest BCUT2D eigenvalue weighted by molar-refractivity contribution is -0.124. The Hall–Kier alpha value is -1.14. The lowest BCUT2D eigenvalue weighted by Crippen LogP contribution is -2.44. The summed E-state index contributed by atoms with van der Waals surface area (Å²) in [6.07, 6.45) is 0.263. The van der Waals surface area contributed by atoms with Gasteiger partial charge >= 0.3 is 0 Å². The van der Waals surface area contributed by atoms with Crippen LogP contribution in [0.2, 0.25) is 0 Å². The lowest BCUT2D eigenvalue weighted by atomic mass is 10.3. The van der Waals surface area contributed by atoms with Gasteiger partial charge in [0.15, 0.2) is 0 Å². The van der Waals surface area contributed by atoms with Crippen LogP contribution in [0, 0.1) is 0 Å². The molecule has 0 saturated carbocycles. The second-order valence-corrected chi connectivity index (χ2v) is 3.06. The van der Waals surface area contributed by atoms with E-state index in [-0.39, 0.29) is 24.8 Å².